The number of rotatable bonds is 4. The van der Waals surface area contributed by atoms with Crippen LogP contribution in [0.4, 0.5) is 0 Å². The van der Waals surface area contributed by atoms with Crippen LogP contribution in [0.3, 0.4) is 0 Å². The van der Waals surface area contributed by atoms with Gasteiger partial charge < -0.3 is 14.6 Å². The first kappa shape index (κ1) is 13.1. The standard InChI is InChI=1S/C15H14O4/c1-18-13-7-5-12(6-8-13)15(17)19-14-4-2-3-11(9-14)10-16/h2-9,16H,10H2,1H3. The van der Waals surface area contributed by atoms with E-state index in [1.54, 1.807) is 55.6 Å². The second-order valence-electron chi connectivity index (χ2n) is 3.92. The van der Waals surface area contributed by atoms with Crippen LogP contribution < -0.4 is 9.47 Å². The van der Waals surface area contributed by atoms with Crippen molar-refractivity contribution in [1.29, 1.82) is 0 Å². The largest absolute Gasteiger partial charge is 0.497 e. The minimum Gasteiger partial charge on any atom is -0.497 e. The minimum atomic E-state index is -0.447. The van der Waals surface area contributed by atoms with Crippen LogP contribution in [-0.4, -0.2) is 18.2 Å². The molecule has 0 amide bonds. The van der Waals surface area contributed by atoms with Gasteiger partial charge >= 0.3 is 5.97 Å². The van der Waals surface area contributed by atoms with Gasteiger partial charge in [-0.2, -0.15) is 0 Å². The molecule has 2 aromatic rings. The van der Waals surface area contributed by atoms with E-state index in [1.165, 1.54) is 0 Å². The van der Waals surface area contributed by atoms with E-state index in [1.807, 2.05) is 0 Å². The Balaban J connectivity index is 2.11. The molecule has 4 heteroatoms. The van der Waals surface area contributed by atoms with Crippen LogP contribution in [0.15, 0.2) is 48.5 Å². The van der Waals surface area contributed by atoms with Crippen LogP contribution >= 0.6 is 0 Å². The summed E-state index contributed by atoms with van der Waals surface area (Å²) in [4.78, 5) is 11.9. The number of ether oxygens (including phenoxy) is 2. The van der Waals surface area contributed by atoms with Crippen molar-refractivity contribution in [3.63, 3.8) is 0 Å². The molecule has 0 radical (unpaired) electrons. The van der Waals surface area contributed by atoms with E-state index >= 15 is 0 Å². The third kappa shape index (κ3) is 3.33. The maximum atomic E-state index is 11.9. The van der Waals surface area contributed by atoms with Crippen molar-refractivity contribution in [3.8, 4) is 11.5 Å². The number of aliphatic hydroxyl groups excluding tert-OH is 1. The Hall–Kier alpha value is -2.33. The molecule has 0 bridgehead atoms. The first-order chi connectivity index (χ1) is 9.22. The topological polar surface area (TPSA) is 55.8 Å². The molecule has 4 nitrogen and oxygen atoms in total. The fourth-order valence-corrected chi connectivity index (χ4v) is 1.60. The van der Waals surface area contributed by atoms with Gasteiger partial charge in [0.05, 0.1) is 19.3 Å². The van der Waals surface area contributed by atoms with Gasteiger partial charge in [-0.25, -0.2) is 4.79 Å². The summed E-state index contributed by atoms with van der Waals surface area (Å²) in [6, 6.07) is 13.4. The molecule has 0 heterocycles. The van der Waals surface area contributed by atoms with E-state index in [2.05, 4.69) is 0 Å². The lowest BCUT2D eigenvalue weighted by Crippen LogP contribution is -2.08. The van der Waals surface area contributed by atoms with Crippen LogP contribution in [0.2, 0.25) is 0 Å². The average molecular weight is 258 g/mol. The molecule has 0 saturated carbocycles. The van der Waals surface area contributed by atoms with E-state index in [9.17, 15) is 4.79 Å². The highest BCUT2D eigenvalue weighted by atomic mass is 16.5. The molecule has 0 aromatic heterocycles. The molecule has 0 aliphatic rings. The highest BCUT2D eigenvalue weighted by Crippen LogP contribution is 2.17. The highest BCUT2D eigenvalue weighted by molar-refractivity contribution is 5.91. The second-order valence-corrected chi connectivity index (χ2v) is 3.92. The van der Waals surface area contributed by atoms with Gasteiger partial charge in [-0.3, -0.25) is 0 Å². The summed E-state index contributed by atoms with van der Waals surface area (Å²) >= 11 is 0. The summed E-state index contributed by atoms with van der Waals surface area (Å²) in [7, 11) is 1.56. The fourth-order valence-electron chi connectivity index (χ4n) is 1.60. The highest BCUT2D eigenvalue weighted by Gasteiger charge is 2.08. The predicted molar refractivity (Wildman–Crippen MR) is 70.3 cm³/mol. The Bertz CT molecular complexity index is 561. The Kier molecular flexibility index (Phi) is 4.15. The van der Waals surface area contributed by atoms with E-state index in [0.29, 0.717) is 22.6 Å². The van der Waals surface area contributed by atoms with Gasteiger partial charge in [-0.1, -0.05) is 12.1 Å². The van der Waals surface area contributed by atoms with E-state index in [4.69, 9.17) is 14.6 Å². The predicted octanol–water partition coefficient (Wildman–Crippen LogP) is 2.41. The Morgan fingerprint density at radius 3 is 2.47 bits per heavy atom. The van der Waals surface area contributed by atoms with Crippen molar-refractivity contribution in [2.75, 3.05) is 7.11 Å². The zero-order chi connectivity index (χ0) is 13.7. The third-order valence-electron chi connectivity index (χ3n) is 2.62. The van der Waals surface area contributed by atoms with Gasteiger partial charge in [0.1, 0.15) is 11.5 Å². The first-order valence-corrected chi connectivity index (χ1v) is 5.79. The van der Waals surface area contributed by atoms with Gasteiger partial charge in [0.2, 0.25) is 0 Å². The van der Waals surface area contributed by atoms with E-state index in [0.717, 1.165) is 0 Å². The number of benzene rings is 2. The Morgan fingerprint density at radius 2 is 1.84 bits per heavy atom. The lowest BCUT2D eigenvalue weighted by Gasteiger charge is -2.06. The van der Waals surface area contributed by atoms with Crippen molar-refractivity contribution in [2.24, 2.45) is 0 Å². The van der Waals surface area contributed by atoms with Crippen molar-refractivity contribution < 1.29 is 19.4 Å². The summed E-state index contributed by atoms with van der Waals surface area (Å²) in [5.74, 6) is 0.643. The zero-order valence-corrected chi connectivity index (χ0v) is 10.5. The summed E-state index contributed by atoms with van der Waals surface area (Å²) < 4.78 is 10.2. The van der Waals surface area contributed by atoms with Crippen LogP contribution in [0.5, 0.6) is 11.5 Å². The average Bonchev–Trinajstić information content (AvgIpc) is 2.47. The second kappa shape index (κ2) is 6.02. The lowest BCUT2D eigenvalue weighted by atomic mass is 10.2. The number of esters is 1. The summed E-state index contributed by atoms with van der Waals surface area (Å²) in [5, 5.41) is 9.02. The Labute approximate surface area is 111 Å². The minimum absolute atomic E-state index is 0.0894. The van der Waals surface area contributed by atoms with Gasteiger partial charge in [0.15, 0.2) is 0 Å². The molecule has 2 aromatic carbocycles. The van der Waals surface area contributed by atoms with Crippen molar-refractivity contribution in [3.05, 3.63) is 59.7 Å². The molecule has 1 N–H and O–H groups in total. The maximum Gasteiger partial charge on any atom is 0.343 e. The van der Waals surface area contributed by atoms with Crippen molar-refractivity contribution in [2.45, 2.75) is 6.61 Å². The quantitative estimate of drug-likeness (QED) is 0.676. The van der Waals surface area contributed by atoms with Crippen molar-refractivity contribution >= 4 is 5.97 Å². The first-order valence-electron chi connectivity index (χ1n) is 5.79. The third-order valence-corrected chi connectivity index (χ3v) is 2.62. The Morgan fingerprint density at radius 1 is 1.11 bits per heavy atom. The van der Waals surface area contributed by atoms with Gasteiger partial charge in [-0.05, 0) is 42.0 Å². The molecular formula is C15H14O4. The van der Waals surface area contributed by atoms with Crippen LogP contribution in [0.25, 0.3) is 0 Å². The lowest BCUT2D eigenvalue weighted by molar-refractivity contribution is 0.0734. The SMILES string of the molecule is COc1ccc(C(=O)Oc2cccc(CO)c2)cc1. The van der Waals surface area contributed by atoms with Crippen LogP contribution in [0, 0.1) is 0 Å². The smallest absolute Gasteiger partial charge is 0.343 e. The van der Waals surface area contributed by atoms with Gasteiger partial charge in [0.25, 0.3) is 0 Å². The van der Waals surface area contributed by atoms with Crippen LogP contribution in [-0.2, 0) is 6.61 Å². The monoisotopic (exact) mass is 258 g/mol. The van der Waals surface area contributed by atoms with Gasteiger partial charge in [-0.15, -0.1) is 0 Å². The molecule has 0 aliphatic carbocycles. The number of hydrogen-bond donors (Lipinski definition) is 1. The van der Waals surface area contributed by atoms with E-state index < -0.39 is 5.97 Å². The number of methoxy groups -OCH3 is 1. The maximum absolute atomic E-state index is 11.9. The molecule has 0 fully saturated rings. The number of aliphatic hydroxyl groups is 1. The van der Waals surface area contributed by atoms with Crippen LogP contribution in [0.1, 0.15) is 15.9 Å². The molecular weight excluding hydrogens is 244 g/mol. The number of carbonyl (C=O) groups excluding carboxylic acids is 1. The zero-order valence-electron chi connectivity index (χ0n) is 10.5. The molecule has 0 unspecified atom stereocenters. The number of carbonyl (C=O) groups is 1. The molecule has 0 atom stereocenters. The molecule has 2 rings (SSSR count). The normalized spacial score (nSPS) is 10.0. The fraction of sp³-hybridized carbons (Fsp3) is 0.133. The summed E-state index contributed by atoms with van der Waals surface area (Å²) in [6.07, 6.45) is 0. The summed E-state index contributed by atoms with van der Waals surface area (Å²) in [5.41, 5.74) is 1.13. The molecule has 98 valence electrons. The molecule has 0 saturated heterocycles. The molecule has 19 heavy (non-hydrogen) atoms. The summed E-state index contributed by atoms with van der Waals surface area (Å²) in [6.45, 7) is -0.0894. The molecule has 0 aliphatic heterocycles. The number of hydrogen-bond acceptors (Lipinski definition) is 4. The van der Waals surface area contributed by atoms with E-state index in [-0.39, 0.29) is 6.61 Å². The molecule has 0 spiro atoms. The van der Waals surface area contributed by atoms with Crippen molar-refractivity contribution in [1.82, 2.24) is 0 Å². The van der Waals surface area contributed by atoms with Gasteiger partial charge in [0, 0.05) is 0 Å².